The van der Waals surface area contributed by atoms with Crippen LogP contribution in [0.3, 0.4) is 0 Å². The standard InChI is InChI=1S/C16H24N2O3/c1-17-16(20)11-21-15-5-3-2-4-12(15)10-18-13-6-8-14(19)9-7-13/h2-5,13-14,18-19H,6-11H2,1H3,(H,17,20). The molecule has 5 nitrogen and oxygen atoms in total. The van der Waals surface area contributed by atoms with Crippen LogP contribution in [0.2, 0.25) is 0 Å². The maximum Gasteiger partial charge on any atom is 0.257 e. The summed E-state index contributed by atoms with van der Waals surface area (Å²) in [5, 5.41) is 15.6. The number of rotatable bonds is 6. The number of carbonyl (C=O) groups excluding carboxylic acids is 1. The van der Waals surface area contributed by atoms with E-state index in [1.54, 1.807) is 7.05 Å². The highest BCUT2D eigenvalue weighted by molar-refractivity contribution is 5.77. The molecule has 3 N–H and O–H groups in total. The Balaban J connectivity index is 1.86. The number of para-hydroxylation sites is 1. The molecule has 1 fully saturated rings. The average Bonchev–Trinajstić information content (AvgIpc) is 2.52. The lowest BCUT2D eigenvalue weighted by Crippen LogP contribution is -2.34. The van der Waals surface area contributed by atoms with Crippen LogP contribution in [-0.4, -0.2) is 36.8 Å². The molecule has 1 aromatic rings. The number of hydrogen-bond donors (Lipinski definition) is 3. The Hall–Kier alpha value is -1.59. The van der Waals surface area contributed by atoms with Gasteiger partial charge in [0.05, 0.1) is 6.10 Å². The first kappa shape index (κ1) is 15.8. The smallest absolute Gasteiger partial charge is 0.257 e. The highest BCUT2D eigenvalue weighted by atomic mass is 16.5. The van der Waals surface area contributed by atoms with Gasteiger partial charge < -0.3 is 20.5 Å². The normalized spacial score (nSPS) is 21.8. The van der Waals surface area contributed by atoms with Crippen molar-refractivity contribution >= 4 is 5.91 Å². The van der Waals surface area contributed by atoms with Gasteiger partial charge in [0.15, 0.2) is 6.61 Å². The van der Waals surface area contributed by atoms with Crippen molar-refractivity contribution in [1.29, 1.82) is 0 Å². The number of nitrogens with one attached hydrogen (secondary N) is 2. The van der Waals surface area contributed by atoms with E-state index in [1.807, 2.05) is 24.3 Å². The maximum atomic E-state index is 11.3. The first-order chi connectivity index (χ1) is 10.2. The monoisotopic (exact) mass is 292 g/mol. The highest BCUT2D eigenvalue weighted by Crippen LogP contribution is 2.21. The minimum absolute atomic E-state index is 0.0309. The summed E-state index contributed by atoms with van der Waals surface area (Å²) in [7, 11) is 1.59. The van der Waals surface area contributed by atoms with Gasteiger partial charge >= 0.3 is 0 Å². The summed E-state index contributed by atoms with van der Waals surface area (Å²) < 4.78 is 5.55. The summed E-state index contributed by atoms with van der Waals surface area (Å²) in [5.41, 5.74) is 1.05. The molecule has 0 radical (unpaired) electrons. The molecule has 1 aliphatic carbocycles. The maximum absolute atomic E-state index is 11.3. The molecule has 116 valence electrons. The van der Waals surface area contributed by atoms with E-state index in [9.17, 15) is 9.90 Å². The van der Waals surface area contributed by atoms with E-state index in [4.69, 9.17) is 4.74 Å². The van der Waals surface area contributed by atoms with Crippen molar-refractivity contribution in [2.24, 2.45) is 0 Å². The average molecular weight is 292 g/mol. The number of carbonyl (C=O) groups is 1. The zero-order chi connectivity index (χ0) is 15.1. The highest BCUT2D eigenvalue weighted by Gasteiger charge is 2.19. The Labute approximate surface area is 125 Å². The van der Waals surface area contributed by atoms with Crippen LogP contribution in [0.5, 0.6) is 5.75 Å². The lowest BCUT2D eigenvalue weighted by Gasteiger charge is -2.26. The Kier molecular flexibility index (Phi) is 6.02. The van der Waals surface area contributed by atoms with Crippen molar-refractivity contribution < 1.29 is 14.6 Å². The molecular weight excluding hydrogens is 268 g/mol. The van der Waals surface area contributed by atoms with Crippen LogP contribution in [0.25, 0.3) is 0 Å². The summed E-state index contributed by atoms with van der Waals surface area (Å²) in [5.74, 6) is 0.600. The summed E-state index contributed by atoms with van der Waals surface area (Å²) in [6.07, 6.45) is 3.61. The first-order valence-electron chi connectivity index (χ1n) is 7.51. The molecule has 1 saturated carbocycles. The topological polar surface area (TPSA) is 70.6 Å². The van der Waals surface area contributed by atoms with E-state index in [1.165, 1.54) is 0 Å². The molecule has 0 atom stereocenters. The van der Waals surface area contributed by atoms with Gasteiger partial charge in [-0.15, -0.1) is 0 Å². The third-order valence-electron chi connectivity index (χ3n) is 3.89. The number of ether oxygens (including phenoxy) is 1. The van der Waals surface area contributed by atoms with Gasteiger partial charge in [-0.1, -0.05) is 18.2 Å². The number of hydrogen-bond acceptors (Lipinski definition) is 4. The molecule has 0 aromatic heterocycles. The van der Waals surface area contributed by atoms with Gasteiger partial charge in [0.25, 0.3) is 5.91 Å². The largest absolute Gasteiger partial charge is 0.483 e. The van der Waals surface area contributed by atoms with E-state index in [0.29, 0.717) is 12.6 Å². The fourth-order valence-electron chi connectivity index (χ4n) is 2.54. The van der Waals surface area contributed by atoms with Crippen molar-refractivity contribution in [3.8, 4) is 5.75 Å². The summed E-state index contributed by atoms with van der Waals surface area (Å²) >= 11 is 0. The van der Waals surface area contributed by atoms with Crippen molar-refractivity contribution in [3.05, 3.63) is 29.8 Å². The van der Waals surface area contributed by atoms with Gasteiger partial charge in [-0.3, -0.25) is 4.79 Å². The minimum Gasteiger partial charge on any atom is -0.483 e. The number of likely N-dealkylation sites (N-methyl/N-ethyl adjacent to an activating group) is 1. The van der Waals surface area contributed by atoms with Gasteiger partial charge in [-0.05, 0) is 31.7 Å². The molecule has 21 heavy (non-hydrogen) atoms. The first-order valence-corrected chi connectivity index (χ1v) is 7.51. The van der Waals surface area contributed by atoms with Crippen LogP contribution in [0.1, 0.15) is 31.2 Å². The number of aliphatic hydroxyl groups excluding tert-OH is 1. The lowest BCUT2D eigenvalue weighted by atomic mass is 9.93. The van der Waals surface area contributed by atoms with E-state index in [0.717, 1.165) is 37.0 Å². The van der Waals surface area contributed by atoms with Crippen molar-refractivity contribution in [3.63, 3.8) is 0 Å². The van der Waals surface area contributed by atoms with E-state index >= 15 is 0 Å². The summed E-state index contributed by atoms with van der Waals surface area (Å²) in [4.78, 5) is 11.3. The number of benzene rings is 1. The van der Waals surface area contributed by atoms with Crippen LogP contribution in [0.15, 0.2) is 24.3 Å². The van der Waals surface area contributed by atoms with Crippen LogP contribution in [0.4, 0.5) is 0 Å². The third-order valence-corrected chi connectivity index (χ3v) is 3.89. The van der Waals surface area contributed by atoms with Crippen LogP contribution in [-0.2, 0) is 11.3 Å². The minimum atomic E-state index is -0.140. The Morgan fingerprint density at radius 1 is 1.29 bits per heavy atom. The van der Waals surface area contributed by atoms with Gasteiger partial charge in [-0.2, -0.15) is 0 Å². The molecule has 0 saturated heterocycles. The second kappa shape index (κ2) is 8.00. The Morgan fingerprint density at radius 3 is 2.71 bits per heavy atom. The predicted molar refractivity (Wildman–Crippen MR) is 81.1 cm³/mol. The van der Waals surface area contributed by atoms with E-state index in [-0.39, 0.29) is 18.6 Å². The molecule has 0 spiro atoms. The molecule has 0 unspecified atom stereocenters. The van der Waals surface area contributed by atoms with E-state index in [2.05, 4.69) is 10.6 Å². The van der Waals surface area contributed by atoms with Crippen LogP contribution < -0.4 is 15.4 Å². The quantitative estimate of drug-likeness (QED) is 0.737. The van der Waals surface area contributed by atoms with Gasteiger partial charge in [0.2, 0.25) is 0 Å². The molecule has 0 bridgehead atoms. The molecule has 1 aliphatic rings. The second-order valence-corrected chi connectivity index (χ2v) is 5.46. The number of amides is 1. The SMILES string of the molecule is CNC(=O)COc1ccccc1CNC1CCC(O)CC1. The van der Waals surface area contributed by atoms with Gasteiger partial charge in [0.1, 0.15) is 5.75 Å². The van der Waals surface area contributed by atoms with Crippen molar-refractivity contribution in [1.82, 2.24) is 10.6 Å². The molecular formula is C16H24N2O3. The van der Waals surface area contributed by atoms with Crippen LogP contribution in [0, 0.1) is 0 Å². The molecule has 5 heteroatoms. The van der Waals surface area contributed by atoms with Gasteiger partial charge in [-0.25, -0.2) is 0 Å². The fourth-order valence-corrected chi connectivity index (χ4v) is 2.54. The molecule has 2 rings (SSSR count). The number of aliphatic hydroxyl groups is 1. The zero-order valence-electron chi connectivity index (χ0n) is 12.5. The molecule has 0 aliphatic heterocycles. The lowest BCUT2D eigenvalue weighted by molar-refractivity contribution is -0.122. The second-order valence-electron chi connectivity index (χ2n) is 5.46. The molecule has 1 amide bonds. The van der Waals surface area contributed by atoms with Crippen LogP contribution >= 0.6 is 0 Å². The molecule has 0 heterocycles. The summed E-state index contributed by atoms with van der Waals surface area (Å²) in [6.45, 7) is 0.744. The third kappa shape index (κ3) is 5.02. The van der Waals surface area contributed by atoms with Crippen molar-refractivity contribution in [2.45, 2.75) is 44.4 Å². The summed E-state index contributed by atoms with van der Waals surface area (Å²) in [6, 6.07) is 8.20. The Morgan fingerprint density at radius 2 is 2.00 bits per heavy atom. The Bertz CT molecular complexity index is 457. The van der Waals surface area contributed by atoms with Gasteiger partial charge in [0, 0.05) is 25.2 Å². The van der Waals surface area contributed by atoms with Crippen molar-refractivity contribution in [2.75, 3.05) is 13.7 Å². The fraction of sp³-hybridized carbons (Fsp3) is 0.562. The predicted octanol–water partition coefficient (Wildman–Crippen LogP) is 1.20. The van der Waals surface area contributed by atoms with E-state index < -0.39 is 0 Å². The molecule has 1 aromatic carbocycles. The zero-order valence-corrected chi connectivity index (χ0v) is 12.5.